The molecule has 2 N–H and O–H groups in total. The molecule has 1 aromatic rings. The van der Waals surface area contributed by atoms with Crippen LogP contribution >= 0.6 is 31.9 Å². The summed E-state index contributed by atoms with van der Waals surface area (Å²) in [5.41, 5.74) is 7.02. The number of allylic oxidation sites excluding steroid dienone is 2. The third-order valence-corrected chi connectivity index (χ3v) is 4.77. The van der Waals surface area contributed by atoms with Crippen LogP contribution in [0.4, 0.5) is 0 Å². The Kier molecular flexibility index (Phi) is 5.50. The molecule has 0 saturated carbocycles. The molecule has 0 spiro atoms. The van der Waals surface area contributed by atoms with Gasteiger partial charge in [-0.1, -0.05) is 37.9 Å². The minimum Gasteiger partial charge on any atom is -0.463 e. The van der Waals surface area contributed by atoms with Crippen LogP contribution in [0.15, 0.2) is 49.9 Å². The Bertz CT molecular complexity index is 743. The number of rotatable bonds is 3. The zero-order valence-corrected chi connectivity index (χ0v) is 15.7. The van der Waals surface area contributed by atoms with Crippen LogP contribution in [0.3, 0.4) is 0 Å². The summed E-state index contributed by atoms with van der Waals surface area (Å²) in [5.74, 6) is -0.881. The first-order chi connectivity index (χ1) is 10.9. The zero-order chi connectivity index (χ0) is 17.1. The number of ether oxygens (including phenoxy) is 2. The molecule has 1 unspecified atom stereocenters. The minimum absolute atomic E-state index is 0.00861. The quantitative estimate of drug-likeness (QED) is 0.719. The normalized spacial score (nSPS) is 17.6. The molecule has 120 valence electrons. The highest BCUT2D eigenvalue weighted by Gasteiger charge is 2.38. The number of hydrogen-bond donors (Lipinski definition) is 1. The van der Waals surface area contributed by atoms with Crippen LogP contribution in [-0.4, -0.2) is 12.6 Å². The highest BCUT2D eigenvalue weighted by molar-refractivity contribution is 9.11. The van der Waals surface area contributed by atoms with Crippen molar-refractivity contribution in [3.8, 4) is 6.07 Å². The van der Waals surface area contributed by atoms with Crippen LogP contribution < -0.4 is 5.73 Å². The fourth-order valence-corrected chi connectivity index (χ4v) is 3.89. The van der Waals surface area contributed by atoms with E-state index in [0.29, 0.717) is 5.76 Å². The van der Waals surface area contributed by atoms with Crippen LogP contribution in [0, 0.1) is 11.3 Å². The second-order valence-electron chi connectivity index (χ2n) is 4.75. The second-order valence-corrected chi connectivity index (χ2v) is 6.46. The van der Waals surface area contributed by atoms with E-state index in [9.17, 15) is 10.1 Å². The van der Waals surface area contributed by atoms with E-state index in [-0.39, 0.29) is 23.6 Å². The molecule has 0 aromatic heterocycles. The molecular formula is C16H14Br2N2O3. The summed E-state index contributed by atoms with van der Waals surface area (Å²) in [7, 11) is 0. The fraction of sp³-hybridized carbons (Fsp3) is 0.250. The maximum atomic E-state index is 12.4. The van der Waals surface area contributed by atoms with E-state index in [1.54, 1.807) is 13.8 Å². The van der Waals surface area contributed by atoms with Crippen molar-refractivity contribution in [3.05, 3.63) is 55.5 Å². The van der Waals surface area contributed by atoms with E-state index in [0.717, 1.165) is 14.5 Å². The maximum absolute atomic E-state index is 12.4. The molecular weight excluding hydrogens is 428 g/mol. The van der Waals surface area contributed by atoms with Gasteiger partial charge >= 0.3 is 5.97 Å². The standard InChI is InChI=1S/C16H14Br2N2O3/c1-3-22-16(21)12-8(2)23-15(20)9(7-19)13(12)14-10(17)5-4-6-11(14)18/h4-6,13H,3,20H2,1-2H3. The maximum Gasteiger partial charge on any atom is 0.338 e. The highest BCUT2D eigenvalue weighted by atomic mass is 79.9. The SMILES string of the molecule is CCOC(=O)C1=C(C)OC(N)=C(C#N)C1c1c(Br)cccc1Br. The molecule has 1 atom stereocenters. The van der Waals surface area contributed by atoms with Crippen molar-refractivity contribution in [2.24, 2.45) is 5.73 Å². The first-order valence-corrected chi connectivity index (χ1v) is 8.40. The van der Waals surface area contributed by atoms with Crippen molar-refractivity contribution in [2.45, 2.75) is 19.8 Å². The van der Waals surface area contributed by atoms with Crippen LogP contribution in [0.25, 0.3) is 0 Å². The van der Waals surface area contributed by atoms with E-state index >= 15 is 0 Å². The smallest absolute Gasteiger partial charge is 0.338 e. The van der Waals surface area contributed by atoms with Crippen LogP contribution in [0.2, 0.25) is 0 Å². The Morgan fingerprint density at radius 3 is 2.57 bits per heavy atom. The summed E-state index contributed by atoms with van der Waals surface area (Å²) in [6, 6.07) is 7.56. The number of benzene rings is 1. The van der Waals surface area contributed by atoms with Crippen molar-refractivity contribution in [1.29, 1.82) is 5.26 Å². The van der Waals surface area contributed by atoms with E-state index < -0.39 is 11.9 Å². The van der Waals surface area contributed by atoms with Gasteiger partial charge in [0.1, 0.15) is 17.4 Å². The van der Waals surface area contributed by atoms with Gasteiger partial charge in [-0.05, 0) is 31.5 Å². The van der Waals surface area contributed by atoms with Gasteiger partial charge in [0.2, 0.25) is 5.88 Å². The Balaban J connectivity index is 2.72. The van der Waals surface area contributed by atoms with Gasteiger partial charge in [-0.3, -0.25) is 0 Å². The number of carbonyl (C=O) groups is 1. The number of hydrogen-bond acceptors (Lipinski definition) is 5. The monoisotopic (exact) mass is 440 g/mol. The number of esters is 1. The lowest BCUT2D eigenvalue weighted by Gasteiger charge is -2.28. The average molecular weight is 442 g/mol. The lowest BCUT2D eigenvalue weighted by Crippen LogP contribution is -2.26. The molecule has 1 aliphatic heterocycles. The van der Waals surface area contributed by atoms with Gasteiger partial charge in [-0.2, -0.15) is 5.26 Å². The highest BCUT2D eigenvalue weighted by Crippen LogP contribution is 2.44. The molecule has 0 saturated heterocycles. The van der Waals surface area contributed by atoms with Crippen LogP contribution in [-0.2, 0) is 14.3 Å². The average Bonchev–Trinajstić information content (AvgIpc) is 2.47. The van der Waals surface area contributed by atoms with Gasteiger partial charge in [0.25, 0.3) is 0 Å². The lowest BCUT2D eigenvalue weighted by atomic mass is 9.83. The summed E-state index contributed by atoms with van der Waals surface area (Å²) >= 11 is 6.95. The molecule has 0 bridgehead atoms. The van der Waals surface area contributed by atoms with Crippen molar-refractivity contribution < 1.29 is 14.3 Å². The third-order valence-electron chi connectivity index (χ3n) is 3.39. The molecule has 1 aliphatic rings. The molecule has 1 aromatic carbocycles. The van der Waals surface area contributed by atoms with Gasteiger partial charge in [-0.15, -0.1) is 0 Å². The molecule has 0 fully saturated rings. The van der Waals surface area contributed by atoms with Gasteiger partial charge in [0, 0.05) is 8.95 Å². The topological polar surface area (TPSA) is 85.3 Å². The third kappa shape index (κ3) is 3.28. The van der Waals surface area contributed by atoms with Gasteiger partial charge in [-0.25, -0.2) is 4.79 Å². The van der Waals surface area contributed by atoms with Gasteiger partial charge in [0.05, 0.1) is 18.1 Å². The molecule has 7 heteroatoms. The molecule has 0 radical (unpaired) electrons. The molecule has 0 aliphatic carbocycles. The largest absolute Gasteiger partial charge is 0.463 e. The van der Waals surface area contributed by atoms with E-state index in [2.05, 4.69) is 37.9 Å². The Morgan fingerprint density at radius 2 is 2.04 bits per heavy atom. The number of nitriles is 1. The van der Waals surface area contributed by atoms with Crippen molar-refractivity contribution in [2.75, 3.05) is 6.61 Å². The predicted molar refractivity (Wildman–Crippen MR) is 91.8 cm³/mol. The second kappa shape index (κ2) is 7.20. The Morgan fingerprint density at radius 1 is 1.43 bits per heavy atom. The van der Waals surface area contributed by atoms with Crippen LogP contribution in [0.1, 0.15) is 25.3 Å². The predicted octanol–water partition coefficient (Wildman–Crippen LogP) is 3.86. The molecule has 5 nitrogen and oxygen atoms in total. The van der Waals surface area contributed by atoms with E-state index in [1.165, 1.54) is 0 Å². The number of carbonyl (C=O) groups excluding carboxylic acids is 1. The summed E-state index contributed by atoms with van der Waals surface area (Å²) in [4.78, 5) is 12.4. The minimum atomic E-state index is -0.669. The fourth-order valence-electron chi connectivity index (χ4n) is 2.43. The van der Waals surface area contributed by atoms with Crippen molar-refractivity contribution >= 4 is 37.8 Å². The van der Waals surface area contributed by atoms with Gasteiger partial charge in [0.15, 0.2) is 0 Å². The number of halogens is 2. The lowest BCUT2D eigenvalue weighted by molar-refractivity contribution is -0.139. The Hall–Kier alpha value is -1.78. The first kappa shape index (κ1) is 17.6. The summed E-state index contributed by atoms with van der Waals surface area (Å²) in [5, 5.41) is 9.52. The van der Waals surface area contributed by atoms with Crippen molar-refractivity contribution in [3.63, 3.8) is 0 Å². The van der Waals surface area contributed by atoms with E-state index in [4.69, 9.17) is 15.2 Å². The van der Waals surface area contributed by atoms with Crippen LogP contribution in [0.5, 0.6) is 0 Å². The number of nitrogens with two attached hydrogens (primary N) is 1. The molecule has 1 heterocycles. The Labute approximate surface area is 151 Å². The first-order valence-electron chi connectivity index (χ1n) is 6.81. The molecule has 23 heavy (non-hydrogen) atoms. The summed E-state index contributed by atoms with van der Waals surface area (Å²) in [6.07, 6.45) is 0. The van der Waals surface area contributed by atoms with E-state index in [1.807, 2.05) is 18.2 Å². The zero-order valence-electron chi connectivity index (χ0n) is 12.5. The van der Waals surface area contributed by atoms with Gasteiger partial charge < -0.3 is 15.2 Å². The molecule has 0 amide bonds. The molecule has 2 rings (SSSR count). The van der Waals surface area contributed by atoms with Crippen molar-refractivity contribution in [1.82, 2.24) is 0 Å². The summed E-state index contributed by atoms with van der Waals surface area (Å²) < 4.78 is 12.0. The summed E-state index contributed by atoms with van der Waals surface area (Å²) in [6.45, 7) is 3.57. The number of nitrogens with zero attached hydrogens (tertiary/aromatic N) is 1.